The fraction of sp³-hybridized carbons (Fsp3) is 0.571. The lowest BCUT2D eigenvalue weighted by Crippen LogP contribution is -2.41. The average molecular weight is 556 g/mol. The van der Waals surface area contributed by atoms with E-state index in [-0.39, 0.29) is 30.3 Å². The number of halogens is 1. The van der Waals surface area contributed by atoms with E-state index in [1.807, 2.05) is 45.0 Å². The maximum absolute atomic E-state index is 12.3. The first-order chi connectivity index (χ1) is 18.6. The number of alkyl carbamates (subject to hydrolysis) is 1. The predicted molar refractivity (Wildman–Crippen MR) is 153 cm³/mol. The Morgan fingerprint density at radius 1 is 1.13 bits per heavy atom. The van der Waals surface area contributed by atoms with Crippen molar-refractivity contribution < 1.29 is 14.3 Å². The zero-order chi connectivity index (χ0) is 27.6. The zero-order valence-corrected chi connectivity index (χ0v) is 23.8. The third-order valence-electron chi connectivity index (χ3n) is 7.11. The Morgan fingerprint density at radius 2 is 1.92 bits per heavy atom. The summed E-state index contributed by atoms with van der Waals surface area (Å²) in [5, 5.41) is 10.6. The number of carbonyl (C=O) groups excluding carboxylic acids is 1. The number of aromatic nitrogens is 4. The Labute approximate surface area is 234 Å². The Balaban J connectivity index is 1.38. The largest absolute Gasteiger partial charge is 0.444 e. The second-order valence-electron chi connectivity index (χ2n) is 11.5. The van der Waals surface area contributed by atoms with E-state index in [0.717, 1.165) is 62.0 Å². The number of hydrogen-bond donors (Lipinski definition) is 3. The van der Waals surface area contributed by atoms with Gasteiger partial charge in [0.15, 0.2) is 5.65 Å². The molecule has 0 unspecified atom stereocenters. The second kappa shape index (κ2) is 11.6. The van der Waals surface area contributed by atoms with Crippen LogP contribution in [-0.4, -0.2) is 56.0 Å². The van der Waals surface area contributed by atoms with E-state index in [0.29, 0.717) is 16.9 Å². The summed E-state index contributed by atoms with van der Waals surface area (Å²) >= 11 is 6.25. The predicted octanol–water partition coefficient (Wildman–Crippen LogP) is 6.21. The van der Waals surface area contributed by atoms with E-state index in [9.17, 15) is 4.79 Å². The molecule has 3 N–H and O–H groups in total. The molecule has 5 rings (SSSR count). The molecule has 0 spiro atoms. The van der Waals surface area contributed by atoms with Crippen LogP contribution < -0.4 is 16.0 Å². The number of hydrogen-bond acceptors (Lipinski definition) is 8. The van der Waals surface area contributed by atoms with Crippen molar-refractivity contribution in [2.75, 3.05) is 17.2 Å². The summed E-state index contributed by atoms with van der Waals surface area (Å²) in [6.07, 6.45) is 6.84. The standard InChI is InChI=1S/C28H38ClN7O3/c1-17-14-21(12-13-38-17)31-25-30-16-23-24(35-25)36(26(34-23)32-20-7-5-6-18(29)15-20)22-10-8-19(9-11-22)33-27(37)39-28(2,3)4/h5-7,15-17,19,21-22H,8-14H2,1-4H3,(H,32,34)(H,33,37)(H,30,31,35)/t17-,19?,21-,22?/m0/s1. The molecular weight excluding hydrogens is 518 g/mol. The number of amides is 1. The highest BCUT2D eigenvalue weighted by molar-refractivity contribution is 6.30. The minimum atomic E-state index is -0.522. The Morgan fingerprint density at radius 3 is 2.64 bits per heavy atom. The van der Waals surface area contributed by atoms with Crippen molar-refractivity contribution in [3.8, 4) is 0 Å². The van der Waals surface area contributed by atoms with Crippen molar-refractivity contribution in [3.63, 3.8) is 0 Å². The van der Waals surface area contributed by atoms with Gasteiger partial charge in [-0.05, 0) is 84.4 Å². The van der Waals surface area contributed by atoms with Crippen molar-refractivity contribution in [2.24, 2.45) is 0 Å². The monoisotopic (exact) mass is 555 g/mol. The van der Waals surface area contributed by atoms with Gasteiger partial charge in [0, 0.05) is 35.4 Å². The van der Waals surface area contributed by atoms with Crippen LogP contribution in [0.15, 0.2) is 30.5 Å². The number of fused-ring (bicyclic) bond motifs is 1. The summed E-state index contributed by atoms with van der Waals surface area (Å²) < 4.78 is 13.3. The van der Waals surface area contributed by atoms with E-state index in [1.165, 1.54) is 0 Å². The van der Waals surface area contributed by atoms with Gasteiger partial charge in [-0.2, -0.15) is 4.98 Å². The molecule has 3 aromatic rings. The topological polar surface area (TPSA) is 115 Å². The molecule has 1 saturated carbocycles. The Bertz CT molecular complexity index is 1300. The van der Waals surface area contributed by atoms with Gasteiger partial charge in [-0.1, -0.05) is 17.7 Å². The molecule has 0 bridgehead atoms. The molecule has 2 aromatic heterocycles. The molecule has 1 aliphatic carbocycles. The number of ether oxygens (including phenoxy) is 2. The highest BCUT2D eigenvalue weighted by Crippen LogP contribution is 2.35. The number of nitrogens with one attached hydrogen (secondary N) is 3. The molecular formula is C28H38ClN7O3. The van der Waals surface area contributed by atoms with E-state index in [1.54, 1.807) is 6.20 Å². The van der Waals surface area contributed by atoms with Crippen LogP contribution in [0.25, 0.3) is 11.2 Å². The number of benzene rings is 1. The van der Waals surface area contributed by atoms with Crippen LogP contribution in [0.3, 0.4) is 0 Å². The summed E-state index contributed by atoms with van der Waals surface area (Å²) in [5.41, 5.74) is 1.83. The van der Waals surface area contributed by atoms with Crippen molar-refractivity contribution in [3.05, 3.63) is 35.5 Å². The number of imidazole rings is 1. The summed E-state index contributed by atoms with van der Waals surface area (Å²) in [7, 11) is 0. The molecule has 210 valence electrons. The van der Waals surface area contributed by atoms with Crippen molar-refractivity contribution >= 4 is 46.4 Å². The fourth-order valence-electron chi connectivity index (χ4n) is 5.35. The van der Waals surface area contributed by atoms with Gasteiger partial charge in [-0.15, -0.1) is 0 Å². The summed E-state index contributed by atoms with van der Waals surface area (Å²) in [6.45, 7) is 8.43. The first-order valence-electron chi connectivity index (χ1n) is 13.8. The SMILES string of the molecule is C[C@H]1C[C@@H](Nc2ncc3nc(Nc4cccc(Cl)c4)n(C4CCC(NC(=O)OC(C)(C)C)CC4)c3n2)CCO1. The van der Waals surface area contributed by atoms with Crippen molar-refractivity contribution in [2.45, 2.75) is 96.1 Å². The molecule has 2 fully saturated rings. The van der Waals surface area contributed by atoms with Crippen molar-refractivity contribution in [1.82, 2.24) is 24.8 Å². The molecule has 2 atom stereocenters. The molecule has 1 aromatic carbocycles. The number of nitrogens with zero attached hydrogens (tertiary/aromatic N) is 4. The molecule has 0 radical (unpaired) electrons. The lowest BCUT2D eigenvalue weighted by molar-refractivity contribution is 0.0231. The smallest absolute Gasteiger partial charge is 0.407 e. The summed E-state index contributed by atoms with van der Waals surface area (Å²) in [5.74, 6) is 1.29. The molecule has 39 heavy (non-hydrogen) atoms. The van der Waals surface area contributed by atoms with Gasteiger partial charge >= 0.3 is 6.09 Å². The first kappa shape index (κ1) is 27.5. The van der Waals surface area contributed by atoms with E-state index < -0.39 is 5.60 Å². The lowest BCUT2D eigenvalue weighted by Gasteiger charge is -2.31. The van der Waals surface area contributed by atoms with Crippen molar-refractivity contribution in [1.29, 1.82) is 0 Å². The molecule has 11 heteroatoms. The van der Waals surface area contributed by atoms with E-state index in [4.69, 9.17) is 31.0 Å². The highest BCUT2D eigenvalue weighted by Gasteiger charge is 2.29. The number of rotatable bonds is 6. The lowest BCUT2D eigenvalue weighted by atomic mass is 9.91. The van der Waals surface area contributed by atoms with Gasteiger partial charge in [-0.25, -0.2) is 14.8 Å². The summed E-state index contributed by atoms with van der Waals surface area (Å²) in [6, 6.07) is 8.06. The van der Waals surface area contributed by atoms with Gasteiger partial charge in [0.25, 0.3) is 0 Å². The van der Waals surface area contributed by atoms with Crippen LogP contribution in [0.2, 0.25) is 5.02 Å². The van der Waals surface area contributed by atoms with Crippen LogP contribution >= 0.6 is 11.6 Å². The summed E-state index contributed by atoms with van der Waals surface area (Å²) in [4.78, 5) is 26.7. The van der Waals surface area contributed by atoms with Gasteiger partial charge in [0.1, 0.15) is 11.1 Å². The quantitative estimate of drug-likeness (QED) is 0.329. The van der Waals surface area contributed by atoms with E-state index >= 15 is 0 Å². The third-order valence-corrected chi connectivity index (χ3v) is 7.35. The second-order valence-corrected chi connectivity index (χ2v) is 12.0. The number of carbonyl (C=O) groups is 1. The molecule has 1 amide bonds. The van der Waals surface area contributed by atoms with Crippen LogP contribution in [0.4, 0.5) is 22.4 Å². The van der Waals surface area contributed by atoms with E-state index in [2.05, 4.69) is 32.4 Å². The van der Waals surface area contributed by atoms with Crippen LogP contribution in [0, 0.1) is 0 Å². The zero-order valence-electron chi connectivity index (χ0n) is 23.0. The van der Waals surface area contributed by atoms with Gasteiger partial charge in [-0.3, -0.25) is 4.57 Å². The minimum absolute atomic E-state index is 0.0672. The average Bonchev–Trinajstić information content (AvgIpc) is 3.20. The third kappa shape index (κ3) is 7.10. The van der Waals surface area contributed by atoms with Crippen LogP contribution in [-0.2, 0) is 9.47 Å². The van der Waals surface area contributed by atoms with Gasteiger partial charge in [0.2, 0.25) is 11.9 Å². The molecule has 2 aliphatic rings. The highest BCUT2D eigenvalue weighted by atomic mass is 35.5. The molecule has 10 nitrogen and oxygen atoms in total. The van der Waals surface area contributed by atoms with Crippen LogP contribution in [0.1, 0.15) is 72.3 Å². The Hall–Kier alpha value is -3.11. The molecule has 3 heterocycles. The molecule has 1 saturated heterocycles. The van der Waals surface area contributed by atoms with Gasteiger partial charge in [0.05, 0.1) is 12.3 Å². The normalized spacial score (nSPS) is 23.8. The first-order valence-corrected chi connectivity index (χ1v) is 14.2. The molecule has 1 aliphatic heterocycles. The maximum Gasteiger partial charge on any atom is 0.407 e. The van der Waals surface area contributed by atoms with Gasteiger partial charge < -0.3 is 25.4 Å². The maximum atomic E-state index is 12.3. The Kier molecular flexibility index (Phi) is 8.13. The van der Waals surface area contributed by atoms with Crippen LogP contribution in [0.5, 0.6) is 0 Å². The fourth-order valence-corrected chi connectivity index (χ4v) is 5.54. The number of anilines is 3. The minimum Gasteiger partial charge on any atom is -0.444 e.